The van der Waals surface area contributed by atoms with E-state index in [-0.39, 0.29) is 5.57 Å². The SMILES string of the molecule is CCOc1cc(/C=C(\C#N)C(=O)Nc2ccccc2)c(Br)cc1OCc1ccc(C)cc1. The molecule has 0 atom stereocenters. The number of amides is 1. The Kier molecular flexibility index (Phi) is 8.07. The van der Waals surface area contributed by atoms with Gasteiger partial charge in [-0.25, -0.2) is 0 Å². The van der Waals surface area contributed by atoms with Gasteiger partial charge in [0.2, 0.25) is 0 Å². The van der Waals surface area contributed by atoms with Crippen LogP contribution in [0.1, 0.15) is 23.6 Å². The minimum Gasteiger partial charge on any atom is -0.490 e. The average molecular weight is 491 g/mol. The molecule has 0 aliphatic rings. The number of ether oxygens (including phenoxy) is 2. The number of benzene rings is 3. The molecule has 3 aromatic carbocycles. The van der Waals surface area contributed by atoms with Crippen LogP contribution < -0.4 is 14.8 Å². The summed E-state index contributed by atoms with van der Waals surface area (Å²) in [7, 11) is 0. The molecule has 162 valence electrons. The van der Waals surface area contributed by atoms with Crippen LogP contribution >= 0.6 is 15.9 Å². The highest BCUT2D eigenvalue weighted by Crippen LogP contribution is 2.35. The topological polar surface area (TPSA) is 71.3 Å². The number of carbonyl (C=O) groups excluding carboxylic acids is 1. The maximum atomic E-state index is 12.5. The van der Waals surface area contributed by atoms with E-state index in [0.717, 1.165) is 5.56 Å². The third kappa shape index (κ3) is 6.22. The van der Waals surface area contributed by atoms with Crippen LogP contribution in [0.2, 0.25) is 0 Å². The molecule has 32 heavy (non-hydrogen) atoms. The highest BCUT2D eigenvalue weighted by Gasteiger charge is 2.14. The van der Waals surface area contributed by atoms with Crippen molar-refractivity contribution in [2.45, 2.75) is 20.5 Å². The van der Waals surface area contributed by atoms with E-state index >= 15 is 0 Å². The quantitative estimate of drug-likeness (QED) is 0.297. The van der Waals surface area contributed by atoms with Crippen LogP contribution in [0.4, 0.5) is 5.69 Å². The van der Waals surface area contributed by atoms with Crippen molar-refractivity contribution < 1.29 is 14.3 Å². The molecule has 0 unspecified atom stereocenters. The minimum atomic E-state index is -0.483. The van der Waals surface area contributed by atoms with Crippen LogP contribution in [0.5, 0.6) is 11.5 Å². The summed E-state index contributed by atoms with van der Waals surface area (Å²) >= 11 is 3.52. The Labute approximate surface area is 196 Å². The minimum absolute atomic E-state index is 0.0228. The van der Waals surface area contributed by atoms with E-state index in [1.165, 1.54) is 11.6 Å². The summed E-state index contributed by atoms with van der Waals surface area (Å²) in [6.45, 7) is 4.77. The third-order valence-corrected chi connectivity index (χ3v) is 5.26. The molecule has 0 fully saturated rings. The summed E-state index contributed by atoms with van der Waals surface area (Å²) < 4.78 is 12.4. The highest BCUT2D eigenvalue weighted by molar-refractivity contribution is 9.10. The largest absolute Gasteiger partial charge is 0.490 e. The molecular weight excluding hydrogens is 468 g/mol. The van der Waals surface area contributed by atoms with Crippen molar-refractivity contribution in [3.8, 4) is 17.6 Å². The molecule has 0 bridgehead atoms. The summed E-state index contributed by atoms with van der Waals surface area (Å²) in [5, 5.41) is 12.3. The second-order valence-corrected chi connectivity index (χ2v) is 7.87. The fourth-order valence-corrected chi connectivity index (χ4v) is 3.35. The highest BCUT2D eigenvalue weighted by atomic mass is 79.9. The molecular formula is C26H23BrN2O3. The van der Waals surface area contributed by atoms with Gasteiger partial charge in [-0.15, -0.1) is 0 Å². The van der Waals surface area contributed by atoms with E-state index in [4.69, 9.17) is 9.47 Å². The van der Waals surface area contributed by atoms with Crippen LogP contribution in [0, 0.1) is 18.3 Å². The smallest absolute Gasteiger partial charge is 0.266 e. The lowest BCUT2D eigenvalue weighted by molar-refractivity contribution is -0.112. The van der Waals surface area contributed by atoms with Gasteiger partial charge in [-0.1, -0.05) is 64.0 Å². The Morgan fingerprint density at radius 1 is 1.06 bits per heavy atom. The lowest BCUT2D eigenvalue weighted by atomic mass is 10.1. The predicted molar refractivity (Wildman–Crippen MR) is 129 cm³/mol. The molecule has 6 heteroatoms. The van der Waals surface area contributed by atoms with Crippen LogP contribution in [0.15, 0.2) is 76.8 Å². The summed E-state index contributed by atoms with van der Waals surface area (Å²) in [5.41, 5.74) is 3.46. The van der Waals surface area contributed by atoms with Crippen molar-refractivity contribution in [1.29, 1.82) is 5.26 Å². The van der Waals surface area contributed by atoms with Gasteiger partial charge in [-0.3, -0.25) is 4.79 Å². The van der Waals surface area contributed by atoms with Gasteiger partial charge < -0.3 is 14.8 Å². The summed E-state index contributed by atoms with van der Waals surface area (Å²) in [6.07, 6.45) is 1.52. The first-order valence-electron chi connectivity index (χ1n) is 10.1. The number of nitrogens with one attached hydrogen (secondary N) is 1. The van der Waals surface area contributed by atoms with Crippen LogP contribution in [0.3, 0.4) is 0 Å². The van der Waals surface area contributed by atoms with E-state index in [2.05, 4.69) is 21.2 Å². The zero-order valence-electron chi connectivity index (χ0n) is 17.9. The van der Waals surface area contributed by atoms with Crippen molar-refractivity contribution in [3.05, 3.63) is 93.5 Å². The molecule has 5 nitrogen and oxygen atoms in total. The van der Waals surface area contributed by atoms with Gasteiger partial charge >= 0.3 is 0 Å². The number of hydrogen-bond acceptors (Lipinski definition) is 4. The van der Waals surface area contributed by atoms with Gasteiger partial charge in [0.05, 0.1) is 6.61 Å². The van der Waals surface area contributed by atoms with E-state index in [0.29, 0.717) is 40.4 Å². The summed E-state index contributed by atoms with van der Waals surface area (Å²) in [6, 6.07) is 22.6. The molecule has 0 saturated carbocycles. The van der Waals surface area contributed by atoms with E-state index in [9.17, 15) is 10.1 Å². The maximum absolute atomic E-state index is 12.5. The van der Waals surface area contributed by atoms with Crippen molar-refractivity contribution in [1.82, 2.24) is 0 Å². The number of hydrogen-bond donors (Lipinski definition) is 1. The van der Waals surface area contributed by atoms with Crippen molar-refractivity contribution >= 4 is 33.6 Å². The lowest BCUT2D eigenvalue weighted by Gasteiger charge is -2.14. The van der Waals surface area contributed by atoms with E-state index < -0.39 is 5.91 Å². The first kappa shape index (κ1) is 23.1. The number of para-hydroxylation sites is 1. The number of nitriles is 1. The summed E-state index contributed by atoms with van der Waals surface area (Å²) in [4.78, 5) is 12.5. The van der Waals surface area contributed by atoms with Crippen molar-refractivity contribution in [3.63, 3.8) is 0 Å². The van der Waals surface area contributed by atoms with Crippen molar-refractivity contribution in [2.75, 3.05) is 11.9 Å². The zero-order valence-corrected chi connectivity index (χ0v) is 19.5. The fraction of sp³-hybridized carbons (Fsp3) is 0.154. The van der Waals surface area contributed by atoms with Gasteiger partial charge in [0.1, 0.15) is 18.2 Å². The van der Waals surface area contributed by atoms with Gasteiger partial charge in [0.15, 0.2) is 11.5 Å². The van der Waals surface area contributed by atoms with Gasteiger partial charge in [-0.05, 0) is 55.3 Å². The number of carbonyl (C=O) groups is 1. The Morgan fingerprint density at radius 2 is 1.75 bits per heavy atom. The molecule has 0 saturated heterocycles. The van der Waals surface area contributed by atoms with Crippen molar-refractivity contribution in [2.24, 2.45) is 0 Å². The molecule has 3 rings (SSSR count). The molecule has 0 spiro atoms. The molecule has 1 amide bonds. The molecule has 0 aromatic heterocycles. The van der Waals surface area contributed by atoms with Crippen LogP contribution in [-0.4, -0.2) is 12.5 Å². The number of aryl methyl sites for hydroxylation is 1. The lowest BCUT2D eigenvalue weighted by Crippen LogP contribution is -2.13. The monoisotopic (exact) mass is 490 g/mol. The Balaban J connectivity index is 1.84. The van der Waals surface area contributed by atoms with Crippen LogP contribution in [-0.2, 0) is 11.4 Å². The third-order valence-electron chi connectivity index (χ3n) is 4.57. The first-order valence-corrected chi connectivity index (χ1v) is 10.9. The molecule has 3 aromatic rings. The second kappa shape index (κ2) is 11.2. The number of nitrogens with zero attached hydrogens (tertiary/aromatic N) is 1. The van der Waals surface area contributed by atoms with Gasteiger partial charge in [0.25, 0.3) is 5.91 Å². The first-order chi connectivity index (χ1) is 15.5. The molecule has 0 aliphatic carbocycles. The molecule has 0 aliphatic heterocycles. The zero-order chi connectivity index (χ0) is 22.9. The predicted octanol–water partition coefficient (Wildman–Crippen LogP) is 6.28. The average Bonchev–Trinajstić information content (AvgIpc) is 2.80. The van der Waals surface area contributed by atoms with E-state index in [1.54, 1.807) is 24.3 Å². The molecule has 0 radical (unpaired) electrons. The standard InChI is InChI=1S/C26H23BrN2O3/c1-3-31-24-14-20(13-21(16-28)26(30)29-22-7-5-4-6-8-22)23(27)15-25(24)32-17-19-11-9-18(2)10-12-19/h4-15H,3,17H2,1-2H3,(H,29,30)/b21-13+. The maximum Gasteiger partial charge on any atom is 0.266 e. The number of halogens is 1. The molecule has 0 heterocycles. The normalized spacial score (nSPS) is 10.9. The second-order valence-electron chi connectivity index (χ2n) is 7.02. The van der Waals surface area contributed by atoms with Gasteiger partial charge in [-0.2, -0.15) is 5.26 Å². The van der Waals surface area contributed by atoms with Crippen LogP contribution in [0.25, 0.3) is 6.08 Å². The fourth-order valence-electron chi connectivity index (χ4n) is 2.91. The Hall–Kier alpha value is -3.56. The van der Waals surface area contributed by atoms with Gasteiger partial charge in [0, 0.05) is 10.2 Å². The van der Waals surface area contributed by atoms with E-state index in [1.807, 2.05) is 62.4 Å². The summed E-state index contributed by atoms with van der Waals surface area (Å²) in [5.74, 6) is 0.627. The number of anilines is 1. The Morgan fingerprint density at radius 3 is 2.41 bits per heavy atom. The molecule has 1 N–H and O–H groups in total. The Bertz CT molecular complexity index is 1150. The number of rotatable bonds is 8.